The zero-order chi connectivity index (χ0) is 20.6. The summed E-state index contributed by atoms with van der Waals surface area (Å²) in [5.41, 5.74) is 0.483. The van der Waals surface area contributed by atoms with Gasteiger partial charge in [0.15, 0.2) is 6.61 Å². The molecule has 0 radical (unpaired) electrons. The highest BCUT2D eigenvalue weighted by Gasteiger charge is 2.17. The summed E-state index contributed by atoms with van der Waals surface area (Å²) in [6.07, 6.45) is 0. The fourth-order valence-corrected chi connectivity index (χ4v) is 3.07. The summed E-state index contributed by atoms with van der Waals surface area (Å²) in [5, 5.41) is 2.52. The van der Waals surface area contributed by atoms with Crippen molar-refractivity contribution in [2.45, 2.75) is 11.8 Å². The predicted molar refractivity (Wildman–Crippen MR) is 98.8 cm³/mol. The van der Waals surface area contributed by atoms with Gasteiger partial charge in [0.2, 0.25) is 10.0 Å². The number of hydrogen-bond acceptors (Lipinski definition) is 6. The largest absolute Gasteiger partial charge is 0.494 e. The van der Waals surface area contributed by atoms with Crippen molar-refractivity contribution in [1.82, 2.24) is 4.72 Å². The summed E-state index contributed by atoms with van der Waals surface area (Å²) in [7, 11) is -4.08. The normalized spacial score (nSPS) is 10.9. The Kier molecular flexibility index (Phi) is 7.47. The number of carbonyl (C=O) groups is 2. The standard InChI is InChI=1S/C18H19FN2O6S/c1-2-26-15-8-6-14(7-9-15)21-17(22)12-27-18(23)11-20-28(24,25)16-5-3-4-13(19)10-16/h3-10,20H,2,11-12H2,1H3,(H,21,22). The third kappa shape index (κ3) is 6.63. The van der Waals surface area contributed by atoms with Crippen molar-refractivity contribution < 1.29 is 31.9 Å². The Labute approximate surface area is 161 Å². The fourth-order valence-electron chi connectivity index (χ4n) is 2.07. The molecule has 10 heteroatoms. The van der Waals surface area contributed by atoms with Crippen LogP contribution in [0.25, 0.3) is 0 Å². The minimum Gasteiger partial charge on any atom is -0.494 e. The van der Waals surface area contributed by atoms with E-state index in [-0.39, 0.29) is 4.90 Å². The van der Waals surface area contributed by atoms with Crippen LogP contribution in [0.5, 0.6) is 5.75 Å². The number of ether oxygens (including phenoxy) is 2. The molecule has 0 unspecified atom stereocenters. The smallest absolute Gasteiger partial charge is 0.321 e. The molecular weight excluding hydrogens is 391 g/mol. The maximum atomic E-state index is 13.1. The third-order valence-electron chi connectivity index (χ3n) is 3.33. The number of esters is 1. The first kappa shape index (κ1) is 21.3. The lowest BCUT2D eigenvalue weighted by molar-refractivity contribution is -0.146. The molecule has 1 amide bonds. The molecule has 0 atom stereocenters. The van der Waals surface area contributed by atoms with E-state index in [0.29, 0.717) is 18.0 Å². The number of sulfonamides is 1. The maximum Gasteiger partial charge on any atom is 0.321 e. The summed E-state index contributed by atoms with van der Waals surface area (Å²) < 4.78 is 49.0. The van der Waals surface area contributed by atoms with Gasteiger partial charge in [-0.15, -0.1) is 0 Å². The zero-order valence-electron chi connectivity index (χ0n) is 15.0. The van der Waals surface area contributed by atoms with E-state index in [1.165, 1.54) is 12.1 Å². The van der Waals surface area contributed by atoms with E-state index in [2.05, 4.69) is 5.32 Å². The first-order chi connectivity index (χ1) is 13.3. The van der Waals surface area contributed by atoms with Gasteiger partial charge in [-0.3, -0.25) is 9.59 Å². The second kappa shape index (κ2) is 9.81. The first-order valence-electron chi connectivity index (χ1n) is 8.23. The van der Waals surface area contributed by atoms with Crippen LogP contribution in [0.4, 0.5) is 10.1 Å². The van der Waals surface area contributed by atoms with E-state index in [1.807, 2.05) is 11.6 Å². The van der Waals surface area contributed by atoms with E-state index in [9.17, 15) is 22.4 Å². The summed E-state index contributed by atoms with van der Waals surface area (Å²) >= 11 is 0. The Balaban J connectivity index is 1.77. The molecule has 150 valence electrons. The van der Waals surface area contributed by atoms with Crippen LogP contribution in [-0.4, -0.2) is 40.1 Å². The predicted octanol–water partition coefficient (Wildman–Crippen LogP) is 1.68. The Morgan fingerprint density at radius 2 is 1.82 bits per heavy atom. The molecule has 2 aromatic carbocycles. The van der Waals surface area contributed by atoms with E-state index in [0.717, 1.165) is 12.1 Å². The second-order valence-electron chi connectivity index (χ2n) is 5.45. The first-order valence-corrected chi connectivity index (χ1v) is 9.72. The number of rotatable bonds is 9. The van der Waals surface area contributed by atoms with Crippen LogP contribution in [-0.2, 0) is 24.3 Å². The summed E-state index contributed by atoms with van der Waals surface area (Å²) in [5.74, 6) is -1.62. The molecule has 0 fully saturated rings. The van der Waals surface area contributed by atoms with Gasteiger partial charge in [-0.2, -0.15) is 4.72 Å². The van der Waals surface area contributed by atoms with Crippen molar-refractivity contribution >= 4 is 27.6 Å². The zero-order valence-corrected chi connectivity index (χ0v) is 15.8. The van der Waals surface area contributed by atoms with Crippen LogP contribution < -0.4 is 14.8 Å². The number of benzene rings is 2. The van der Waals surface area contributed by atoms with Gasteiger partial charge in [-0.05, 0) is 49.4 Å². The van der Waals surface area contributed by atoms with Crippen LogP contribution in [0, 0.1) is 5.82 Å². The minimum atomic E-state index is -4.08. The number of halogens is 1. The molecule has 0 heterocycles. The van der Waals surface area contributed by atoms with Gasteiger partial charge < -0.3 is 14.8 Å². The highest BCUT2D eigenvalue weighted by atomic mass is 32.2. The van der Waals surface area contributed by atoms with Crippen molar-refractivity contribution in [2.24, 2.45) is 0 Å². The van der Waals surface area contributed by atoms with Gasteiger partial charge in [-0.25, -0.2) is 12.8 Å². The molecule has 0 aromatic heterocycles. The summed E-state index contributed by atoms with van der Waals surface area (Å²) in [6, 6.07) is 10.9. The van der Waals surface area contributed by atoms with Crippen LogP contribution >= 0.6 is 0 Å². The summed E-state index contributed by atoms with van der Waals surface area (Å²) in [6.45, 7) is 1.08. The average Bonchev–Trinajstić information content (AvgIpc) is 2.66. The molecule has 0 aliphatic carbocycles. The molecule has 28 heavy (non-hydrogen) atoms. The molecule has 0 aliphatic rings. The van der Waals surface area contributed by atoms with Crippen molar-refractivity contribution in [1.29, 1.82) is 0 Å². The number of nitrogens with one attached hydrogen (secondary N) is 2. The number of anilines is 1. The molecule has 0 aliphatic heterocycles. The quantitative estimate of drug-likeness (QED) is 0.609. The summed E-state index contributed by atoms with van der Waals surface area (Å²) in [4.78, 5) is 23.1. The lowest BCUT2D eigenvalue weighted by atomic mass is 10.3. The third-order valence-corrected chi connectivity index (χ3v) is 4.73. The van der Waals surface area contributed by atoms with Gasteiger partial charge in [0.25, 0.3) is 5.91 Å². The van der Waals surface area contributed by atoms with Crippen molar-refractivity contribution in [3.05, 3.63) is 54.3 Å². The number of amides is 1. The molecule has 0 saturated heterocycles. The van der Waals surface area contributed by atoms with Crippen LogP contribution in [0.3, 0.4) is 0 Å². The molecule has 2 N–H and O–H groups in total. The number of hydrogen-bond donors (Lipinski definition) is 2. The van der Waals surface area contributed by atoms with E-state index in [4.69, 9.17) is 9.47 Å². The Morgan fingerprint density at radius 1 is 1.11 bits per heavy atom. The molecule has 0 bridgehead atoms. The van der Waals surface area contributed by atoms with Crippen molar-refractivity contribution in [3.63, 3.8) is 0 Å². The van der Waals surface area contributed by atoms with Gasteiger partial charge in [0, 0.05) is 5.69 Å². The lowest BCUT2D eigenvalue weighted by Crippen LogP contribution is -2.32. The SMILES string of the molecule is CCOc1ccc(NC(=O)COC(=O)CNS(=O)(=O)c2cccc(F)c2)cc1. The Bertz CT molecular complexity index is 931. The highest BCUT2D eigenvalue weighted by Crippen LogP contribution is 2.15. The fraction of sp³-hybridized carbons (Fsp3) is 0.222. The average molecular weight is 410 g/mol. The monoisotopic (exact) mass is 410 g/mol. The Hall–Kier alpha value is -2.98. The minimum absolute atomic E-state index is 0.325. The van der Waals surface area contributed by atoms with E-state index >= 15 is 0 Å². The lowest BCUT2D eigenvalue weighted by Gasteiger charge is -2.09. The molecule has 0 spiro atoms. The van der Waals surface area contributed by atoms with Gasteiger partial charge >= 0.3 is 5.97 Å². The second-order valence-corrected chi connectivity index (χ2v) is 7.22. The van der Waals surface area contributed by atoms with Crippen molar-refractivity contribution in [2.75, 3.05) is 25.1 Å². The maximum absolute atomic E-state index is 13.1. The van der Waals surface area contributed by atoms with E-state index in [1.54, 1.807) is 24.3 Å². The molecule has 8 nitrogen and oxygen atoms in total. The number of carbonyl (C=O) groups excluding carboxylic acids is 2. The van der Waals surface area contributed by atoms with Gasteiger partial charge in [-0.1, -0.05) is 6.07 Å². The van der Waals surface area contributed by atoms with Gasteiger partial charge in [0.1, 0.15) is 18.1 Å². The van der Waals surface area contributed by atoms with Crippen LogP contribution in [0.1, 0.15) is 6.92 Å². The molecule has 0 saturated carbocycles. The van der Waals surface area contributed by atoms with Crippen LogP contribution in [0.2, 0.25) is 0 Å². The van der Waals surface area contributed by atoms with Gasteiger partial charge in [0.05, 0.1) is 11.5 Å². The van der Waals surface area contributed by atoms with E-state index < -0.39 is 40.9 Å². The van der Waals surface area contributed by atoms with Crippen molar-refractivity contribution in [3.8, 4) is 5.75 Å². The molecule has 2 aromatic rings. The highest BCUT2D eigenvalue weighted by molar-refractivity contribution is 7.89. The Morgan fingerprint density at radius 3 is 2.46 bits per heavy atom. The topological polar surface area (TPSA) is 111 Å². The molecule has 2 rings (SSSR count). The van der Waals surface area contributed by atoms with Crippen LogP contribution in [0.15, 0.2) is 53.4 Å². The molecular formula is C18H19FN2O6S.